The Morgan fingerprint density at radius 1 is 0.966 bits per heavy atom. The molecule has 150 valence electrons. The second-order valence-corrected chi connectivity index (χ2v) is 7.30. The molecule has 1 N–H and O–H groups in total. The summed E-state index contributed by atoms with van der Waals surface area (Å²) in [7, 11) is 0. The zero-order chi connectivity index (χ0) is 21.3. The number of hydrogen-bond acceptors (Lipinski definition) is 5. The molecule has 2 atom stereocenters. The van der Waals surface area contributed by atoms with E-state index >= 15 is 0 Å². The van der Waals surface area contributed by atoms with Crippen LogP contribution in [0.2, 0.25) is 10.0 Å². The van der Waals surface area contributed by atoms with E-state index in [4.69, 9.17) is 27.9 Å². The van der Waals surface area contributed by atoms with Crippen molar-refractivity contribution >= 4 is 52.6 Å². The maximum atomic E-state index is 12.5. The van der Waals surface area contributed by atoms with E-state index in [0.717, 1.165) is 4.90 Å². The van der Waals surface area contributed by atoms with Crippen LogP contribution in [0.4, 0.5) is 5.69 Å². The SMILES string of the molecule is CC(OC(=O)C(C)N1C(=O)c2ccccc2C1=O)C(=O)Nc1cc(Cl)cc(Cl)c1. The number of imide groups is 1. The molecule has 7 nitrogen and oxygen atoms in total. The minimum atomic E-state index is -1.20. The van der Waals surface area contributed by atoms with Gasteiger partial charge in [0.1, 0.15) is 6.04 Å². The van der Waals surface area contributed by atoms with Crippen molar-refractivity contribution in [1.82, 2.24) is 4.90 Å². The molecule has 2 aromatic carbocycles. The topological polar surface area (TPSA) is 92.8 Å². The van der Waals surface area contributed by atoms with E-state index in [1.807, 2.05) is 0 Å². The average Bonchev–Trinajstić information content (AvgIpc) is 2.91. The van der Waals surface area contributed by atoms with Crippen molar-refractivity contribution in [3.8, 4) is 0 Å². The lowest BCUT2D eigenvalue weighted by Crippen LogP contribution is -2.45. The highest BCUT2D eigenvalue weighted by Gasteiger charge is 2.41. The number of anilines is 1. The Hall–Kier alpha value is -2.90. The highest BCUT2D eigenvalue weighted by atomic mass is 35.5. The van der Waals surface area contributed by atoms with Gasteiger partial charge in [0.05, 0.1) is 11.1 Å². The Kier molecular flexibility index (Phi) is 5.91. The van der Waals surface area contributed by atoms with E-state index in [1.165, 1.54) is 44.2 Å². The number of nitrogens with one attached hydrogen (secondary N) is 1. The van der Waals surface area contributed by atoms with Crippen LogP contribution in [0.15, 0.2) is 42.5 Å². The van der Waals surface area contributed by atoms with Crippen molar-refractivity contribution in [2.24, 2.45) is 0 Å². The van der Waals surface area contributed by atoms with Crippen LogP contribution in [0.1, 0.15) is 34.6 Å². The molecule has 0 aliphatic carbocycles. The highest BCUT2D eigenvalue weighted by Crippen LogP contribution is 2.25. The standard InChI is InChI=1S/C20H16Cl2N2O5/c1-10(24-18(26)15-5-3-4-6-16(15)19(24)27)20(28)29-11(2)17(25)23-14-8-12(21)7-13(22)9-14/h3-11H,1-2H3,(H,23,25). The van der Waals surface area contributed by atoms with Crippen LogP contribution < -0.4 is 5.32 Å². The number of nitrogens with zero attached hydrogens (tertiary/aromatic N) is 1. The van der Waals surface area contributed by atoms with Gasteiger partial charge in [-0.3, -0.25) is 19.3 Å². The second-order valence-electron chi connectivity index (χ2n) is 6.43. The first kappa shape index (κ1) is 20.8. The van der Waals surface area contributed by atoms with Crippen molar-refractivity contribution < 1.29 is 23.9 Å². The Morgan fingerprint density at radius 3 is 2.00 bits per heavy atom. The molecule has 1 heterocycles. The van der Waals surface area contributed by atoms with E-state index in [-0.39, 0.29) is 11.1 Å². The molecule has 0 radical (unpaired) electrons. The van der Waals surface area contributed by atoms with Crippen LogP contribution in [0, 0.1) is 0 Å². The minimum Gasteiger partial charge on any atom is -0.451 e. The van der Waals surface area contributed by atoms with Gasteiger partial charge < -0.3 is 10.1 Å². The number of carbonyl (C=O) groups excluding carboxylic acids is 4. The molecule has 0 saturated carbocycles. The second kappa shape index (κ2) is 8.23. The summed E-state index contributed by atoms with van der Waals surface area (Å²) in [4.78, 5) is 50.5. The third-order valence-corrected chi connectivity index (χ3v) is 4.78. The number of amides is 3. The van der Waals surface area contributed by atoms with Crippen molar-refractivity contribution in [2.45, 2.75) is 26.0 Å². The summed E-state index contributed by atoms with van der Waals surface area (Å²) < 4.78 is 5.15. The quantitative estimate of drug-likeness (QED) is 0.573. The van der Waals surface area contributed by atoms with Crippen LogP contribution in [-0.4, -0.2) is 40.7 Å². The zero-order valence-corrected chi connectivity index (χ0v) is 17.0. The Balaban J connectivity index is 1.66. The van der Waals surface area contributed by atoms with Crippen molar-refractivity contribution in [3.05, 3.63) is 63.6 Å². The number of fused-ring (bicyclic) bond motifs is 1. The Bertz CT molecular complexity index is 968. The van der Waals surface area contributed by atoms with Crippen molar-refractivity contribution in [2.75, 3.05) is 5.32 Å². The van der Waals surface area contributed by atoms with Crippen LogP contribution in [0.5, 0.6) is 0 Å². The zero-order valence-electron chi connectivity index (χ0n) is 15.4. The van der Waals surface area contributed by atoms with Crippen LogP contribution in [0.25, 0.3) is 0 Å². The molecule has 1 aliphatic heterocycles. The molecular weight excluding hydrogens is 419 g/mol. The summed E-state index contributed by atoms with van der Waals surface area (Å²) in [5.41, 5.74) is 0.783. The maximum absolute atomic E-state index is 12.5. The van der Waals surface area contributed by atoms with Gasteiger partial charge in [-0.2, -0.15) is 0 Å². The summed E-state index contributed by atoms with van der Waals surface area (Å²) in [6.07, 6.45) is -1.18. The average molecular weight is 435 g/mol. The minimum absolute atomic E-state index is 0.223. The number of ether oxygens (including phenoxy) is 1. The summed E-state index contributed by atoms with van der Waals surface area (Å²) >= 11 is 11.8. The highest BCUT2D eigenvalue weighted by molar-refractivity contribution is 6.35. The van der Waals surface area contributed by atoms with E-state index in [0.29, 0.717) is 15.7 Å². The molecule has 9 heteroatoms. The molecule has 3 amide bonds. The number of carbonyl (C=O) groups is 4. The molecule has 0 saturated heterocycles. The smallest absolute Gasteiger partial charge is 0.329 e. The number of hydrogen-bond donors (Lipinski definition) is 1. The first-order valence-electron chi connectivity index (χ1n) is 8.63. The summed E-state index contributed by atoms with van der Waals surface area (Å²) in [5, 5.41) is 3.20. The lowest BCUT2D eigenvalue weighted by atomic mass is 10.1. The first-order chi connectivity index (χ1) is 13.7. The Morgan fingerprint density at radius 2 is 1.48 bits per heavy atom. The summed E-state index contributed by atoms with van der Waals surface area (Å²) in [6, 6.07) is 9.57. The van der Waals surface area contributed by atoms with Crippen LogP contribution in [-0.2, 0) is 14.3 Å². The van der Waals surface area contributed by atoms with Crippen molar-refractivity contribution in [3.63, 3.8) is 0 Å². The molecule has 2 aromatic rings. The third-order valence-electron chi connectivity index (χ3n) is 4.35. The van der Waals surface area contributed by atoms with Gasteiger partial charge in [0.25, 0.3) is 17.7 Å². The summed E-state index contributed by atoms with van der Waals surface area (Å²) in [6.45, 7) is 2.74. The number of rotatable bonds is 5. The first-order valence-corrected chi connectivity index (χ1v) is 9.39. The number of benzene rings is 2. The predicted octanol–water partition coefficient (Wildman–Crippen LogP) is 3.55. The van der Waals surface area contributed by atoms with Gasteiger partial charge in [0, 0.05) is 15.7 Å². The fourth-order valence-corrected chi connectivity index (χ4v) is 3.39. The van der Waals surface area contributed by atoms with Gasteiger partial charge in [0.15, 0.2) is 6.10 Å². The maximum Gasteiger partial charge on any atom is 0.329 e. The van der Waals surface area contributed by atoms with Crippen LogP contribution in [0.3, 0.4) is 0 Å². The fourth-order valence-electron chi connectivity index (χ4n) is 2.86. The Labute approximate surface area is 176 Å². The fraction of sp³-hybridized carbons (Fsp3) is 0.200. The van der Waals surface area contributed by atoms with Crippen LogP contribution >= 0.6 is 23.2 Å². The monoisotopic (exact) mass is 434 g/mol. The largest absolute Gasteiger partial charge is 0.451 e. The molecule has 2 unspecified atom stereocenters. The summed E-state index contributed by atoms with van der Waals surface area (Å²) in [5.74, 6) is -2.67. The molecule has 3 rings (SSSR count). The normalized spacial score (nSPS) is 15.0. The van der Waals surface area contributed by atoms with Gasteiger partial charge in [-0.15, -0.1) is 0 Å². The molecule has 0 bridgehead atoms. The van der Waals surface area contributed by atoms with E-state index in [9.17, 15) is 19.2 Å². The van der Waals surface area contributed by atoms with Gasteiger partial charge in [-0.1, -0.05) is 35.3 Å². The molecule has 29 heavy (non-hydrogen) atoms. The molecule has 0 aromatic heterocycles. The lowest BCUT2D eigenvalue weighted by molar-refractivity contribution is -0.156. The molecule has 0 spiro atoms. The van der Waals surface area contributed by atoms with Crippen molar-refractivity contribution in [1.29, 1.82) is 0 Å². The van der Waals surface area contributed by atoms with E-state index in [1.54, 1.807) is 12.1 Å². The van der Waals surface area contributed by atoms with Gasteiger partial charge in [-0.25, -0.2) is 4.79 Å². The van der Waals surface area contributed by atoms with Gasteiger partial charge in [0.2, 0.25) is 0 Å². The third kappa shape index (κ3) is 4.26. The number of halogens is 2. The lowest BCUT2D eigenvalue weighted by Gasteiger charge is -2.22. The molecular formula is C20H16Cl2N2O5. The van der Waals surface area contributed by atoms with E-state index in [2.05, 4.69) is 5.32 Å². The van der Waals surface area contributed by atoms with Gasteiger partial charge in [-0.05, 0) is 44.2 Å². The van der Waals surface area contributed by atoms with E-state index < -0.39 is 35.8 Å². The molecule has 0 fully saturated rings. The molecule has 1 aliphatic rings. The predicted molar refractivity (Wildman–Crippen MR) is 107 cm³/mol. The van der Waals surface area contributed by atoms with Gasteiger partial charge >= 0.3 is 5.97 Å². The number of esters is 1.